The Bertz CT molecular complexity index is 462. The number of carbonyl (C=O) groups excluding carboxylic acids is 1. The molecule has 0 spiro atoms. The normalized spacial score (nSPS) is 19.4. The number of piperidine rings is 1. The molecule has 20 heavy (non-hydrogen) atoms. The third kappa shape index (κ3) is 3.79. The van der Waals surface area contributed by atoms with Crippen LogP contribution in [0.5, 0.6) is 0 Å². The van der Waals surface area contributed by atoms with Gasteiger partial charge in [0.25, 0.3) is 0 Å². The van der Waals surface area contributed by atoms with Gasteiger partial charge in [-0.3, -0.25) is 4.79 Å². The van der Waals surface area contributed by atoms with E-state index >= 15 is 0 Å². The van der Waals surface area contributed by atoms with Gasteiger partial charge < -0.3 is 9.64 Å². The highest BCUT2D eigenvalue weighted by Crippen LogP contribution is 2.18. The zero-order chi connectivity index (χ0) is 14.5. The second kappa shape index (κ2) is 6.84. The van der Waals surface area contributed by atoms with E-state index in [1.807, 2.05) is 18.7 Å². The van der Waals surface area contributed by atoms with Crippen molar-refractivity contribution >= 4 is 5.91 Å². The number of ether oxygens (including phenoxy) is 1. The van der Waals surface area contributed by atoms with Gasteiger partial charge in [-0.1, -0.05) is 32.0 Å². The molecule has 1 aliphatic rings. The molecule has 3 nitrogen and oxygen atoms in total. The Balaban J connectivity index is 1.87. The minimum absolute atomic E-state index is 0.00561. The molecule has 0 N–H and O–H groups in total. The summed E-state index contributed by atoms with van der Waals surface area (Å²) in [6.07, 6.45) is 1.88. The smallest absolute Gasteiger partial charge is 0.225 e. The van der Waals surface area contributed by atoms with Crippen LogP contribution in [0.3, 0.4) is 0 Å². The van der Waals surface area contributed by atoms with Gasteiger partial charge in [0.05, 0.1) is 12.7 Å². The highest BCUT2D eigenvalue weighted by molar-refractivity contribution is 5.78. The number of hydrogen-bond donors (Lipinski definition) is 0. The first-order valence-corrected chi connectivity index (χ1v) is 7.21. The number of carbonyl (C=O) groups is 1. The molecule has 1 amide bonds. The summed E-state index contributed by atoms with van der Waals surface area (Å²) in [6, 6.07) is 6.64. The Morgan fingerprint density at radius 3 is 2.90 bits per heavy atom. The molecule has 0 saturated carbocycles. The van der Waals surface area contributed by atoms with Crippen molar-refractivity contribution in [3.63, 3.8) is 0 Å². The predicted octanol–water partition coefficient (Wildman–Crippen LogP) is 2.99. The number of hydrogen-bond acceptors (Lipinski definition) is 2. The van der Waals surface area contributed by atoms with E-state index in [0.29, 0.717) is 12.1 Å². The number of halogens is 1. The molecule has 1 aliphatic heterocycles. The lowest BCUT2D eigenvalue weighted by Crippen LogP contribution is -2.44. The van der Waals surface area contributed by atoms with Crippen LogP contribution in [-0.4, -0.2) is 30.0 Å². The van der Waals surface area contributed by atoms with Crippen molar-refractivity contribution in [2.75, 3.05) is 13.1 Å². The van der Waals surface area contributed by atoms with Crippen LogP contribution in [0.4, 0.5) is 4.39 Å². The van der Waals surface area contributed by atoms with Gasteiger partial charge in [0.2, 0.25) is 5.91 Å². The summed E-state index contributed by atoms with van der Waals surface area (Å²) in [4.78, 5) is 13.8. The van der Waals surface area contributed by atoms with Crippen molar-refractivity contribution in [2.45, 2.75) is 39.4 Å². The predicted molar refractivity (Wildman–Crippen MR) is 75.6 cm³/mol. The zero-order valence-electron chi connectivity index (χ0n) is 12.1. The van der Waals surface area contributed by atoms with Gasteiger partial charge in [0.15, 0.2) is 0 Å². The second-order valence-electron chi connectivity index (χ2n) is 5.61. The molecule has 1 heterocycles. The minimum atomic E-state index is -0.238. The lowest BCUT2D eigenvalue weighted by Gasteiger charge is -2.33. The Kier molecular flexibility index (Phi) is 5.12. The number of nitrogens with zero attached hydrogens (tertiary/aromatic N) is 1. The molecular formula is C16H22FNO2. The number of benzene rings is 1. The summed E-state index contributed by atoms with van der Waals surface area (Å²) in [5, 5.41) is 0. The average Bonchev–Trinajstić information content (AvgIpc) is 2.46. The Hall–Kier alpha value is -1.42. The van der Waals surface area contributed by atoms with E-state index in [1.165, 1.54) is 6.07 Å². The third-order valence-electron chi connectivity index (χ3n) is 3.62. The van der Waals surface area contributed by atoms with E-state index in [4.69, 9.17) is 4.74 Å². The van der Waals surface area contributed by atoms with Crippen molar-refractivity contribution in [1.29, 1.82) is 0 Å². The first kappa shape index (κ1) is 15.0. The van der Waals surface area contributed by atoms with Gasteiger partial charge in [-0.15, -0.1) is 0 Å². The van der Waals surface area contributed by atoms with Crippen molar-refractivity contribution in [2.24, 2.45) is 5.92 Å². The Morgan fingerprint density at radius 1 is 1.45 bits per heavy atom. The molecule has 0 aromatic heterocycles. The minimum Gasteiger partial charge on any atom is -0.372 e. The molecule has 110 valence electrons. The standard InChI is InChI=1S/C16H22FNO2/c1-12(2)16(19)18-9-5-7-14(10-18)20-11-13-6-3-4-8-15(13)17/h3-4,6,8,12,14H,5,7,9-11H2,1-2H3/t14-/m0/s1. The fourth-order valence-electron chi connectivity index (χ4n) is 2.46. The second-order valence-corrected chi connectivity index (χ2v) is 5.61. The number of rotatable bonds is 4. The summed E-state index contributed by atoms with van der Waals surface area (Å²) < 4.78 is 19.3. The van der Waals surface area contributed by atoms with Crippen molar-refractivity contribution in [3.8, 4) is 0 Å². The maximum absolute atomic E-state index is 13.5. The van der Waals surface area contributed by atoms with Crippen LogP contribution in [0.1, 0.15) is 32.3 Å². The summed E-state index contributed by atoms with van der Waals surface area (Å²) in [6.45, 7) is 5.50. The first-order valence-electron chi connectivity index (χ1n) is 7.21. The summed E-state index contributed by atoms with van der Waals surface area (Å²) >= 11 is 0. The molecule has 4 heteroatoms. The van der Waals surface area contributed by atoms with Crippen molar-refractivity contribution in [1.82, 2.24) is 4.90 Å². The van der Waals surface area contributed by atoms with E-state index in [1.54, 1.807) is 18.2 Å². The van der Waals surface area contributed by atoms with Crippen LogP contribution in [0.25, 0.3) is 0 Å². The highest BCUT2D eigenvalue weighted by Gasteiger charge is 2.25. The molecule has 0 bridgehead atoms. The molecule has 2 rings (SSSR count). The quantitative estimate of drug-likeness (QED) is 0.848. The van der Waals surface area contributed by atoms with Crippen molar-refractivity contribution < 1.29 is 13.9 Å². The average molecular weight is 279 g/mol. The van der Waals surface area contributed by atoms with Gasteiger partial charge >= 0.3 is 0 Å². The molecule has 0 aliphatic carbocycles. The number of likely N-dealkylation sites (tertiary alicyclic amines) is 1. The van der Waals surface area contributed by atoms with Crippen molar-refractivity contribution in [3.05, 3.63) is 35.6 Å². The largest absolute Gasteiger partial charge is 0.372 e. The van der Waals surface area contributed by atoms with Crippen LogP contribution in [-0.2, 0) is 16.1 Å². The summed E-state index contributed by atoms with van der Waals surface area (Å²) in [5.74, 6) is -0.0528. The lowest BCUT2D eigenvalue weighted by atomic mass is 10.1. The summed E-state index contributed by atoms with van der Waals surface area (Å²) in [7, 11) is 0. The maximum Gasteiger partial charge on any atom is 0.225 e. The van der Waals surface area contributed by atoms with Crippen LogP contribution in [0.15, 0.2) is 24.3 Å². The first-order chi connectivity index (χ1) is 9.58. The fourth-order valence-corrected chi connectivity index (χ4v) is 2.46. The monoisotopic (exact) mass is 279 g/mol. The molecule has 0 radical (unpaired) electrons. The maximum atomic E-state index is 13.5. The van der Waals surface area contributed by atoms with E-state index in [0.717, 1.165) is 19.4 Å². The van der Waals surface area contributed by atoms with Crippen LogP contribution >= 0.6 is 0 Å². The van der Waals surface area contributed by atoms with E-state index < -0.39 is 0 Å². The molecule has 1 saturated heterocycles. The van der Waals surface area contributed by atoms with Gasteiger partial charge in [-0.2, -0.15) is 0 Å². The molecule has 1 atom stereocenters. The molecule has 1 aromatic carbocycles. The van der Waals surface area contributed by atoms with Gasteiger partial charge in [-0.05, 0) is 18.9 Å². The Labute approximate surface area is 119 Å². The SMILES string of the molecule is CC(C)C(=O)N1CCC[C@H](OCc2ccccc2F)C1. The molecule has 0 unspecified atom stereocenters. The lowest BCUT2D eigenvalue weighted by molar-refractivity contribution is -0.138. The van der Waals surface area contributed by atoms with E-state index in [-0.39, 0.29) is 30.4 Å². The molecular weight excluding hydrogens is 257 g/mol. The molecule has 1 aromatic rings. The zero-order valence-corrected chi connectivity index (χ0v) is 12.1. The molecule has 1 fully saturated rings. The van der Waals surface area contributed by atoms with Gasteiger partial charge in [0, 0.05) is 24.6 Å². The summed E-state index contributed by atoms with van der Waals surface area (Å²) in [5.41, 5.74) is 0.569. The third-order valence-corrected chi connectivity index (χ3v) is 3.62. The topological polar surface area (TPSA) is 29.5 Å². The van der Waals surface area contributed by atoms with E-state index in [2.05, 4.69) is 0 Å². The van der Waals surface area contributed by atoms with Crippen LogP contribution < -0.4 is 0 Å². The van der Waals surface area contributed by atoms with Gasteiger partial charge in [-0.25, -0.2) is 4.39 Å². The highest BCUT2D eigenvalue weighted by atomic mass is 19.1. The number of amides is 1. The van der Waals surface area contributed by atoms with Crippen LogP contribution in [0.2, 0.25) is 0 Å². The van der Waals surface area contributed by atoms with E-state index in [9.17, 15) is 9.18 Å². The van der Waals surface area contributed by atoms with Gasteiger partial charge in [0.1, 0.15) is 5.82 Å². The van der Waals surface area contributed by atoms with Crippen LogP contribution in [0, 0.1) is 11.7 Å². The Morgan fingerprint density at radius 2 is 2.20 bits per heavy atom. The fraction of sp³-hybridized carbons (Fsp3) is 0.562.